The number of methoxy groups -OCH3 is 1. The van der Waals surface area contributed by atoms with Crippen LogP contribution in [0.5, 0.6) is 0 Å². The average Bonchev–Trinajstić information content (AvgIpc) is 3.28. The molecule has 4 rings (SSSR count). The fraction of sp³-hybridized carbons (Fsp3) is 0.556. The number of ether oxygens (including phenoxy) is 2. The lowest BCUT2D eigenvalue weighted by Crippen LogP contribution is -2.30. The van der Waals surface area contributed by atoms with Crippen LogP contribution in [-0.4, -0.2) is 37.1 Å². The predicted molar refractivity (Wildman–Crippen MR) is 88.9 cm³/mol. The maximum absolute atomic E-state index is 14.7. The lowest BCUT2D eigenvalue weighted by molar-refractivity contribution is -0.0416. The molecule has 7 heteroatoms. The summed E-state index contributed by atoms with van der Waals surface area (Å²) in [5.74, 6) is 0.742. The summed E-state index contributed by atoms with van der Waals surface area (Å²) in [6, 6.07) is 3.85. The summed E-state index contributed by atoms with van der Waals surface area (Å²) >= 11 is 0. The van der Waals surface area contributed by atoms with E-state index in [2.05, 4.69) is 10.2 Å². The van der Waals surface area contributed by atoms with Crippen LogP contribution in [0.3, 0.4) is 0 Å². The first-order valence-corrected chi connectivity index (χ1v) is 8.62. The van der Waals surface area contributed by atoms with Crippen molar-refractivity contribution in [1.29, 1.82) is 0 Å². The number of anilines is 1. The van der Waals surface area contributed by atoms with Gasteiger partial charge in [0.1, 0.15) is 5.82 Å². The molecular weight excluding hydrogens is 325 g/mol. The summed E-state index contributed by atoms with van der Waals surface area (Å²) in [7, 11) is 1.62. The first-order chi connectivity index (χ1) is 12.1. The number of aryl methyl sites for hydroxylation is 2. The average molecular weight is 347 g/mol. The Labute approximate surface area is 145 Å². The van der Waals surface area contributed by atoms with Crippen LogP contribution < -0.4 is 4.90 Å². The van der Waals surface area contributed by atoms with Crippen molar-refractivity contribution in [1.82, 2.24) is 10.2 Å². The lowest BCUT2D eigenvalue weighted by Gasteiger charge is -2.31. The van der Waals surface area contributed by atoms with Gasteiger partial charge < -0.3 is 18.8 Å². The Kier molecular flexibility index (Phi) is 4.21. The van der Waals surface area contributed by atoms with Crippen LogP contribution in [0.1, 0.15) is 35.7 Å². The van der Waals surface area contributed by atoms with E-state index in [0.29, 0.717) is 49.2 Å². The van der Waals surface area contributed by atoms with Crippen LogP contribution in [0, 0.1) is 12.7 Å². The third-order valence-corrected chi connectivity index (χ3v) is 5.14. The monoisotopic (exact) mass is 347 g/mol. The highest BCUT2D eigenvalue weighted by atomic mass is 19.1. The molecule has 0 aliphatic carbocycles. The molecular formula is C18H22FN3O3. The first-order valence-electron chi connectivity index (χ1n) is 8.62. The molecule has 2 aliphatic heterocycles. The van der Waals surface area contributed by atoms with Crippen LogP contribution in [0.2, 0.25) is 0 Å². The minimum absolute atomic E-state index is 0.158. The van der Waals surface area contributed by atoms with Crippen LogP contribution in [0.4, 0.5) is 10.1 Å². The van der Waals surface area contributed by atoms with Crippen molar-refractivity contribution in [2.45, 2.75) is 38.3 Å². The quantitative estimate of drug-likeness (QED) is 0.848. The van der Waals surface area contributed by atoms with E-state index in [0.717, 1.165) is 24.9 Å². The lowest BCUT2D eigenvalue weighted by atomic mass is 9.99. The van der Waals surface area contributed by atoms with Gasteiger partial charge in [-0.3, -0.25) is 0 Å². The molecule has 0 spiro atoms. The molecule has 1 atom stereocenters. The number of rotatable bonds is 4. The summed E-state index contributed by atoms with van der Waals surface area (Å²) in [5.41, 5.74) is 1.69. The number of aromatic nitrogens is 2. The van der Waals surface area contributed by atoms with E-state index < -0.39 is 5.60 Å². The standard InChI is InChI=1S/C18H22FN3O3/c1-12-5-6-13-4-3-8-22(16(13)15(12)19)10-14-20-21-17(25-14)18(23-2)7-9-24-11-18/h5-6H,3-4,7-11H2,1-2H3. The van der Waals surface area contributed by atoms with Crippen LogP contribution >= 0.6 is 0 Å². The van der Waals surface area contributed by atoms with Crippen molar-refractivity contribution in [2.24, 2.45) is 0 Å². The van der Waals surface area contributed by atoms with Gasteiger partial charge in [0.15, 0.2) is 5.60 Å². The van der Waals surface area contributed by atoms with E-state index in [1.54, 1.807) is 14.0 Å². The Morgan fingerprint density at radius 2 is 2.24 bits per heavy atom. The largest absolute Gasteiger partial charge is 0.420 e. The van der Waals surface area contributed by atoms with E-state index >= 15 is 0 Å². The van der Waals surface area contributed by atoms with Crippen molar-refractivity contribution >= 4 is 5.69 Å². The molecule has 0 amide bonds. The van der Waals surface area contributed by atoms with Crippen molar-refractivity contribution in [2.75, 3.05) is 31.8 Å². The van der Waals surface area contributed by atoms with Gasteiger partial charge in [-0.1, -0.05) is 12.1 Å². The van der Waals surface area contributed by atoms with Crippen LogP contribution in [0.25, 0.3) is 0 Å². The molecule has 0 saturated carbocycles. The normalized spacial score (nSPS) is 23.1. The van der Waals surface area contributed by atoms with E-state index in [9.17, 15) is 4.39 Å². The molecule has 2 aromatic rings. The second-order valence-electron chi connectivity index (χ2n) is 6.73. The molecule has 0 bridgehead atoms. The molecule has 1 aromatic heterocycles. The molecule has 0 radical (unpaired) electrons. The number of hydrogen-bond donors (Lipinski definition) is 0. The number of benzene rings is 1. The third-order valence-electron chi connectivity index (χ3n) is 5.14. The molecule has 1 saturated heterocycles. The molecule has 1 unspecified atom stereocenters. The fourth-order valence-electron chi connectivity index (χ4n) is 3.61. The van der Waals surface area contributed by atoms with Crippen molar-refractivity contribution < 1.29 is 18.3 Å². The zero-order valence-corrected chi connectivity index (χ0v) is 14.5. The van der Waals surface area contributed by atoms with Crippen molar-refractivity contribution in [3.63, 3.8) is 0 Å². The van der Waals surface area contributed by atoms with Crippen molar-refractivity contribution in [3.05, 3.63) is 40.9 Å². The second-order valence-corrected chi connectivity index (χ2v) is 6.73. The van der Waals surface area contributed by atoms with E-state index in [1.807, 2.05) is 17.0 Å². The molecule has 134 valence electrons. The number of nitrogens with zero attached hydrogens (tertiary/aromatic N) is 3. The molecule has 2 aliphatic rings. The maximum atomic E-state index is 14.7. The van der Waals surface area contributed by atoms with Gasteiger partial charge in [0, 0.05) is 20.1 Å². The Morgan fingerprint density at radius 1 is 1.36 bits per heavy atom. The summed E-state index contributed by atoms with van der Waals surface area (Å²) in [6.45, 7) is 3.96. The third kappa shape index (κ3) is 2.81. The summed E-state index contributed by atoms with van der Waals surface area (Å²) in [6.07, 6.45) is 2.56. The molecule has 1 fully saturated rings. The number of hydrogen-bond acceptors (Lipinski definition) is 6. The first kappa shape index (κ1) is 16.5. The van der Waals surface area contributed by atoms with E-state index in [-0.39, 0.29) is 5.82 Å². The zero-order chi connectivity index (χ0) is 17.4. The molecule has 3 heterocycles. The van der Waals surface area contributed by atoms with E-state index in [4.69, 9.17) is 13.9 Å². The van der Waals surface area contributed by atoms with Gasteiger partial charge in [0.2, 0.25) is 5.89 Å². The fourth-order valence-corrected chi connectivity index (χ4v) is 3.61. The molecule has 6 nitrogen and oxygen atoms in total. The zero-order valence-electron chi connectivity index (χ0n) is 14.5. The van der Waals surface area contributed by atoms with Gasteiger partial charge in [-0.15, -0.1) is 10.2 Å². The number of fused-ring (bicyclic) bond motifs is 1. The van der Waals surface area contributed by atoms with Gasteiger partial charge in [0.05, 0.1) is 25.4 Å². The van der Waals surface area contributed by atoms with Gasteiger partial charge in [-0.2, -0.15) is 0 Å². The smallest absolute Gasteiger partial charge is 0.250 e. The Hall–Kier alpha value is -1.99. The highest BCUT2D eigenvalue weighted by Gasteiger charge is 2.42. The Morgan fingerprint density at radius 3 is 3.00 bits per heavy atom. The van der Waals surface area contributed by atoms with Gasteiger partial charge in [0.25, 0.3) is 5.89 Å². The highest BCUT2D eigenvalue weighted by molar-refractivity contribution is 5.58. The molecule has 1 aromatic carbocycles. The molecule has 25 heavy (non-hydrogen) atoms. The van der Waals surface area contributed by atoms with Crippen molar-refractivity contribution in [3.8, 4) is 0 Å². The summed E-state index contributed by atoms with van der Waals surface area (Å²) < 4.78 is 31.5. The SMILES string of the molecule is COC1(c2nnc(CN3CCCc4ccc(C)c(F)c43)o2)CCOC1. The minimum atomic E-state index is -0.660. The number of halogens is 1. The van der Waals surface area contributed by atoms with Crippen LogP contribution in [-0.2, 0) is 28.0 Å². The summed E-state index contributed by atoms with van der Waals surface area (Å²) in [5, 5.41) is 8.32. The van der Waals surface area contributed by atoms with Crippen LogP contribution in [0.15, 0.2) is 16.5 Å². The highest BCUT2D eigenvalue weighted by Crippen LogP contribution is 2.35. The molecule has 0 N–H and O–H groups in total. The van der Waals surface area contributed by atoms with Gasteiger partial charge >= 0.3 is 0 Å². The second kappa shape index (κ2) is 6.38. The van der Waals surface area contributed by atoms with Gasteiger partial charge in [-0.25, -0.2) is 4.39 Å². The Balaban J connectivity index is 1.60. The Bertz CT molecular complexity index is 771. The van der Waals surface area contributed by atoms with Gasteiger partial charge in [-0.05, 0) is 30.9 Å². The summed E-state index contributed by atoms with van der Waals surface area (Å²) in [4.78, 5) is 1.99. The predicted octanol–water partition coefficient (Wildman–Crippen LogP) is 2.73. The van der Waals surface area contributed by atoms with E-state index in [1.165, 1.54) is 0 Å². The maximum Gasteiger partial charge on any atom is 0.250 e. The minimum Gasteiger partial charge on any atom is -0.420 e. The topological polar surface area (TPSA) is 60.6 Å².